The van der Waals surface area contributed by atoms with Crippen LogP contribution in [0.2, 0.25) is 0 Å². The lowest BCUT2D eigenvalue weighted by molar-refractivity contribution is 0.0950. The lowest BCUT2D eigenvalue weighted by Crippen LogP contribution is -2.24. The molecular weight excluding hydrogens is 359 g/mol. The molecule has 138 valence electrons. The van der Waals surface area contributed by atoms with Crippen LogP contribution in [0.25, 0.3) is 0 Å². The third kappa shape index (κ3) is 4.37. The number of anilines is 1. The molecule has 0 saturated carbocycles. The molecule has 2 N–H and O–H groups in total. The lowest BCUT2D eigenvalue weighted by Gasteiger charge is -2.09. The smallest absolute Gasteiger partial charge is 0.257 e. The molecule has 1 aromatic heterocycles. The van der Waals surface area contributed by atoms with E-state index in [1.807, 2.05) is 6.07 Å². The minimum Gasteiger partial charge on any atom is -0.348 e. The number of halogens is 1. The quantitative estimate of drug-likeness (QED) is 0.716. The molecule has 0 unspecified atom stereocenters. The molecule has 0 radical (unpaired) electrons. The number of benzene rings is 2. The van der Waals surface area contributed by atoms with Crippen LogP contribution in [0.4, 0.5) is 10.1 Å². The molecule has 2 amide bonds. The van der Waals surface area contributed by atoms with Crippen LogP contribution in [0, 0.1) is 17.1 Å². The number of carbonyl (C=O) groups is 2. The van der Waals surface area contributed by atoms with Crippen molar-refractivity contribution in [2.45, 2.75) is 6.54 Å². The Labute approximate surface area is 160 Å². The Balaban J connectivity index is 1.71. The first-order valence-electron chi connectivity index (χ1n) is 8.35. The maximum atomic E-state index is 13.6. The largest absolute Gasteiger partial charge is 0.348 e. The van der Waals surface area contributed by atoms with E-state index in [2.05, 4.69) is 15.6 Å². The molecule has 0 fully saturated rings. The van der Waals surface area contributed by atoms with E-state index in [4.69, 9.17) is 5.26 Å². The van der Waals surface area contributed by atoms with E-state index in [1.165, 1.54) is 24.5 Å². The predicted molar refractivity (Wildman–Crippen MR) is 101 cm³/mol. The van der Waals surface area contributed by atoms with E-state index in [1.54, 1.807) is 42.5 Å². The highest BCUT2D eigenvalue weighted by Gasteiger charge is 2.13. The molecule has 0 bridgehead atoms. The second-order valence-electron chi connectivity index (χ2n) is 5.85. The van der Waals surface area contributed by atoms with Crippen LogP contribution in [0.5, 0.6) is 0 Å². The Bertz CT molecular complexity index is 1080. The predicted octanol–water partition coefficient (Wildman–Crippen LogP) is 3.27. The van der Waals surface area contributed by atoms with Gasteiger partial charge in [-0.1, -0.05) is 30.3 Å². The van der Waals surface area contributed by atoms with Crippen LogP contribution in [0.15, 0.2) is 67.0 Å². The number of hydrogen-bond donors (Lipinski definition) is 2. The number of amides is 2. The summed E-state index contributed by atoms with van der Waals surface area (Å²) < 4.78 is 13.6. The highest BCUT2D eigenvalue weighted by atomic mass is 19.1. The van der Waals surface area contributed by atoms with E-state index >= 15 is 0 Å². The zero-order valence-electron chi connectivity index (χ0n) is 14.6. The molecule has 0 saturated heterocycles. The number of nitrogens with zero attached hydrogens (tertiary/aromatic N) is 2. The van der Waals surface area contributed by atoms with Gasteiger partial charge in [0.05, 0.1) is 22.4 Å². The Morgan fingerprint density at radius 3 is 2.43 bits per heavy atom. The van der Waals surface area contributed by atoms with Crippen molar-refractivity contribution in [2.75, 3.05) is 5.32 Å². The average Bonchev–Trinajstić information content (AvgIpc) is 2.73. The highest BCUT2D eigenvalue weighted by molar-refractivity contribution is 6.06. The number of aromatic nitrogens is 1. The number of para-hydroxylation sites is 1. The van der Waals surface area contributed by atoms with Gasteiger partial charge in [-0.25, -0.2) is 4.39 Å². The number of nitriles is 1. The Hall–Kier alpha value is -4.05. The zero-order valence-corrected chi connectivity index (χ0v) is 14.6. The Morgan fingerprint density at radius 1 is 1.00 bits per heavy atom. The summed E-state index contributed by atoms with van der Waals surface area (Å²) in [6, 6.07) is 16.1. The van der Waals surface area contributed by atoms with Crippen LogP contribution < -0.4 is 10.6 Å². The summed E-state index contributed by atoms with van der Waals surface area (Å²) in [6.07, 6.45) is 2.63. The minimum atomic E-state index is -0.501. The van der Waals surface area contributed by atoms with Crippen LogP contribution in [0.1, 0.15) is 31.8 Å². The first-order chi connectivity index (χ1) is 13.6. The van der Waals surface area contributed by atoms with Crippen molar-refractivity contribution >= 4 is 17.5 Å². The van der Waals surface area contributed by atoms with Gasteiger partial charge in [0.15, 0.2) is 0 Å². The van der Waals surface area contributed by atoms with E-state index in [9.17, 15) is 14.0 Å². The first kappa shape index (κ1) is 18.7. The summed E-state index contributed by atoms with van der Waals surface area (Å²) in [6.45, 7) is 0.0114. The SMILES string of the molecule is N#Cc1ccccc1NC(=O)c1cncc(C(=O)NCc2ccccc2F)c1. The summed E-state index contributed by atoms with van der Waals surface area (Å²) in [5.41, 5.74) is 1.36. The van der Waals surface area contributed by atoms with Gasteiger partial charge in [-0.05, 0) is 24.3 Å². The van der Waals surface area contributed by atoms with Gasteiger partial charge in [0.2, 0.25) is 0 Å². The monoisotopic (exact) mass is 374 g/mol. The van der Waals surface area contributed by atoms with Crippen molar-refractivity contribution in [3.63, 3.8) is 0 Å². The van der Waals surface area contributed by atoms with Gasteiger partial charge in [0.25, 0.3) is 11.8 Å². The normalized spacial score (nSPS) is 10.0. The molecule has 28 heavy (non-hydrogen) atoms. The third-order valence-electron chi connectivity index (χ3n) is 3.96. The molecule has 1 heterocycles. The number of hydrogen-bond acceptors (Lipinski definition) is 4. The molecule has 3 aromatic rings. The summed E-state index contributed by atoms with van der Waals surface area (Å²) in [5, 5.41) is 14.3. The molecule has 6 nitrogen and oxygen atoms in total. The first-order valence-corrected chi connectivity index (χ1v) is 8.35. The topological polar surface area (TPSA) is 94.9 Å². The van der Waals surface area contributed by atoms with Crippen molar-refractivity contribution in [2.24, 2.45) is 0 Å². The van der Waals surface area contributed by atoms with Crippen LogP contribution in [-0.4, -0.2) is 16.8 Å². The zero-order chi connectivity index (χ0) is 19.9. The molecule has 0 aliphatic rings. The maximum Gasteiger partial charge on any atom is 0.257 e. The Morgan fingerprint density at radius 2 is 1.68 bits per heavy atom. The van der Waals surface area contributed by atoms with Gasteiger partial charge in [0, 0.05) is 24.5 Å². The Kier molecular flexibility index (Phi) is 5.72. The maximum absolute atomic E-state index is 13.6. The van der Waals surface area contributed by atoms with E-state index < -0.39 is 17.6 Å². The van der Waals surface area contributed by atoms with Crippen LogP contribution in [0.3, 0.4) is 0 Å². The van der Waals surface area contributed by atoms with Crippen molar-refractivity contribution in [3.05, 3.63) is 95.1 Å². The van der Waals surface area contributed by atoms with Crippen molar-refractivity contribution in [3.8, 4) is 6.07 Å². The van der Waals surface area contributed by atoms with E-state index in [0.717, 1.165) is 0 Å². The molecule has 3 rings (SSSR count). The van der Waals surface area contributed by atoms with Crippen LogP contribution >= 0.6 is 0 Å². The van der Waals surface area contributed by atoms with Gasteiger partial charge in [-0.15, -0.1) is 0 Å². The van der Waals surface area contributed by atoms with Crippen molar-refractivity contribution in [1.29, 1.82) is 5.26 Å². The highest BCUT2D eigenvalue weighted by Crippen LogP contribution is 2.15. The van der Waals surface area contributed by atoms with Crippen molar-refractivity contribution in [1.82, 2.24) is 10.3 Å². The van der Waals surface area contributed by atoms with Gasteiger partial charge in [-0.3, -0.25) is 14.6 Å². The number of carbonyl (C=O) groups excluding carboxylic acids is 2. The standard InChI is InChI=1S/C21H15FN4O2/c22-18-7-3-1-6-15(18)13-25-20(27)16-9-17(12-24-11-16)21(28)26-19-8-4-2-5-14(19)10-23/h1-9,11-12H,13H2,(H,25,27)(H,26,28). The summed E-state index contributed by atoms with van der Waals surface area (Å²) in [7, 11) is 0. The molecule has 0 aliphatic carbocycles. The third-order valence-corrected chi connectivity index (χ3v) is 3.96. The van der Waals surface area contributed by atoms with Gasteiger partial charge in [0.1, 0.15) is 11.9 Å². The molecule has 7 heteroatoms. The number of pyridine rings is 1. The van der Waals surface area contributed by atoms with E-state index in [-0.39, 0.29) is 17.7 Å². The summed E-state index contributed by atoms with van der Waals surface area (Å²) >= 11 is 0. The fourth-order valence-corrected chi connectivity index (χ4v) is 2.49. The second-order valence-corrected chi connectivity index (χ2v) is 5.85. The fraction of sp³-hybridized carbons (Fsp3) is 0.0476. The number of rotatable bonds is 5. The summed E-state index contributed by atoms with van der Waals surface area (Å²) in [5.74, 6) is -1.40. The fourth-order valence-electron chi connectivity index (χ4n) is 2.49. The summed E-state index contributed by atoms with van der Waals surface area (Å²) in [4.78, 5) is 28.7. The van der Waals surface area contributed by atoms with Gasteiger partial charge in [-0.2, -0.15) is 5.26 Å². The number of nitrogens with one attached hydrogen (secondary N) is 2. The molecule has 0 aliphatic heterocycles. The minimum absolute atomic E-state index is 0.0114. The van der Waals surface area contributed by atoms with E-state index in [0.29, 0.717) is 16.8 Å². The molecule has 0 spiro atoms. The average molecular weight is 374 g/mol. The molecule has 0 atom stereocenters. The molecular formula is C21H15FN4O2. The van der Waals surface area contributed by atoms with Crippen LogP contribution in [-0.2, 0) is 6.54 Å². The van der Waals surface area contributed by atoms with Crippen molar-refractivity contribution < 1.29 is 14.0 Å². The lowest BCUT2D eigenvalue weighted by atomic mass is 10.1. The second kappa shape index (κ2) is 8.56. The van der Waals surface area contributed by atoms with Gasteiger partial charge >= 0.3 is 0 Å². The van der Waals surface area contributed by atoms with Gasteiger partial charge < -0.3 is 10.6 Å². The molecule has 2 aromatic carbocycles.